The average Bonchev–Trinajstić information content (AvgIpc) is 3.58. The number of nitrogens with zero attached hydrogens (tertiary/aromatic N) is 9. The second-order valence-corrected chi connectivity index (χ2v) is 11.1. The third kappa shape index (κ3) is 4.30. The minimum absolute atomic E-state index is 0.193. The Morgan fingerprint density at radius 2 is 1.82 bits per heavy atom. The van der Waals surface area contributed by atoms with Crippen molar-refractivity contribution >= 4 is 0 Å². The summed E-state index contributed by atoms with van der Waals surface area (Å²) in [6, 6.07) is 2.79. The number of aromatic nitrogens is 8. The van der Waals surface area contributed by atoms with Crippen LogP contribution in [-0.4, -0.2) is 69.7 Å². The summed E-state index contributed by atoms with van der Waals surface area (Å²) in [5.41, 5.74) is 4.93. The molecule has 1 atom stereocenters. The van der Waals surface area contributed by atoms with Crippen molar-refractivity contribution in [3.63, 3.8) is 0 Å². The van der Waals surface area contributed by atoms with E-state index in [1.807, 2.05) is 41.9 Å². The van der Waals surface area contributed by atoms with Gasteiger partial charge in [-0.3, -0.25) is 9.67 Å². The normalized spacial score (nSPS) is 17.9. The molecule has 10 heteroatoms. The van der Waals surface area contributed by atoms with Crippen molar-refractivity contribution < 1.29 is 4.74 Å². The molecule has 1 unspecified atom stereocenters. The van der Waals surface area contributed by atoms with Crippen LogP contribution in [0.15, 0.2) is 24.7 Å². The van der Waals surface area contributed by atoms with E-state index in [4.69, 9.17) is 14.7 Å². The van der Waals surface area contributed by atoms with Crippen molar-refractivity contribution in [2.45, 2.75) is 72.0 Å². The number of hydrogen-bond acceptors (Lipinski definition) is 7. The highest BCUT2D eigenvalue weighted by Gasteiger charge is 2.29. The summed E-state index contributed by atoms with van der Waals surface area (Å²) in [4.78, 5) is 17.2. The predicted octanol–water partition coefficient (Wildman–Crippen LogP) is 4.47. The molecule has 10 nitrogen and oxygen atoms in total. The fraction of sp³-hybridized carbons (Fsp3) is 0.536. The highest BCUT2D eigenvalue weighted by atomic mass is 16.5. The van der Waals surface area contributed by atoms with Gasteiger partial charge in [-0.25, -0.2) is 14.6 Å². The van der Waals surface area contributed by atoms with Crippen LogP contribution in [0.2, 0.25) is 0 Å². The van der Waals surface area contributed by atoms with Crippen LogP contribution in [0.25, 0.3) is 34.2 Å². The van der Waals surface area contributed by atoms with E-state index in [1.165, 1.54) is 12.1 Å². The zero-order valence-corrected chi connectivity index (χ0v) is 23.2. The van der Waals surface area contributed by atoms with Crippen molar-refractivity contribution in [1.82, 2.24) is 44.0 Å². The van der Waals surface area contributed by atoms with E-state index < -0.39 is 0 Å². The maximum atomic E-state index is 6.23. The summed E-state index contributed by atoms with van der Waals surface area (Å²) >= 11 is 0. The lowest BCUT2D eigenvalue weighted by atomic mass is 9.90. The number of ether oxygens (including phenoxy) is 1. The molecule has 0 aliphatic carbocycles. The molecule has 1 saturated heterocycles. The first kappa shape index (κ1) is 24.8. The molecule has 0 amide bonds. The van der Waals surface area contributed by atoms with E-state index in [0.717, 1.165) is 65.2 Å². The molecule has 1 fully saturated rings. The topological polar surface area (TPSA) is 91.7 Å². The lowest BCUT2D eigenvalue weighted by Gasteiger charge is -2.35. The quantitative estimate of drug-likeness (QED) is 0.387. The first-order valence-electron chi connectivity index (χ1n) is 13.7. The van der Waals surface area contributed by atoms with Crippen molar-refractivity contribution in [2.75, 3.05) is 19.7 Å². The van der Waals surface area contributed by atoms with Gasteiger partial charge in [-0.2, -0.15) is 10.2 Å². The van der Waals surface area contributed by atoms with E-state index in [2.05, 4.69) is 58.4 Å². The van der Waals surface area contributed by atoms with Gasteiger partial charge in [0.1, 0.15) is 29.7 Å². The van der Waals surface area contributed by atoms with Gasteiger partial charge in [0.2, 0.25) is 0 Å². The SMILES string of the molecule is Cc1nc(-c2cn3c(n2)-c2cnc(-c4cnn(C)c4C4CCCN(C(C)C)C4)cc2OCC3)n(C(C)C)n1. The Morgan fingerprint density at radius 1 is 0.974 bits per heavy atom. The number of likely N-dealkylation sites (tertiary alicyclic amines) is 1. The highest BCUT2D eigenvalue weighted by Crippen LogP contribution is 2.39. The molecule has 0 N–H and O–H groups in total. The standard InChI is InChI=1S/C28H37N9O/c1-17(2)35-9-7-8-20(15-35)26-21(14-30-34(26)6)23-12-25-22(13-29-23)27-32-24(16-36(27)10-11-38-25)28-31-19(5)33-37(28)18(3)4/h12-14,16-18,20H,7-11,15H2,1-6H3. The Bertz CT molecular complexity index is 1460. The van der Waals surface area contributed by atoms with Crippen LogP contribution < -0.4 is 4.74 Å². The smallest absolute Gasteiger partial charge is 0.178 e. The van der Waals surface area contributed by atoms with Crippen LogP contribution in [0.1, 0.15) is 64.0 Å². The molecular formula is C28H37N9O. The van der Waals surface area contributed by atoms with Crippen molar-refractivity contribution in [3.05, 3.63) is 36.2 Å². The third-order valence-corrected chi connectivity index (χ3v) is 7.76. The molecule has 2 aliphatic rings. The summed E-state index contributed by atoms with van der Waals surface area (Å²) < 4.78 is 12.3. The second kappa shape index (κ2) is 9.65. The van der Waals surface area contributed by atoms with Gasteiger partial charge in [0.15, 0.2) is 5.82 Å². The van der Waals surface area contributed by atoms with Gasteiger partial charge in [0.25, 0.3) is 0 Å². The van der Waals surface area contributed by atoms with Gasteiger partial charge < -0.3 is 14.2 Å². The average molecular weight is 516 g/mol. The first-order chi connectivity index (χ1) is 18.3. The number of rotatable bonds is 5. The maximum Gasteiger partial charge on any atom is 0.178 e. The van der Waals surface area contributed by atoms with Gasteiger partial charge in [-0.15, -0.1) is 0 Å². The van der Waals surface area contributed by atoms with Gasteiger partial charge in [0, 0.05) is 55.6 Å². The summed E-state index contributed by atoms with van der Waals surface area (Å²) in [6.07, 6.45) is 8.26. The number of aryl methyl sites for hydroxylation is 2. The lowest BCUT2D eigenvalue weighted by Crippen LogP contribution is -2.39. The number of hydrogen-bond donors (Lipinski definition) is 0. The van der Waals surface area contributed by atoms with Crippen molar-refractivity contribution in [3.8, 4) is 39.9 Å². The first-order valence-corrected chi connectivity index (χ1v) is 13.7. The fourth-order valence-electron chi connectivity index (χ4n) is 5.83. The van der Waals surface area contributed by atoms with Gasteiger partial charge in [0.05, 0.1) is 29.7 Å². The van der Waals surface area contributed by atoms with E-state index in [-0.39, 0.29) is 6.04 Å². The van der Waals surface area contributed by atoms with Crippen LogP contribution in [0.4, 0.5) is 0 Å². The molecule has 0 spiro atoms. The van der Waals surface area contributed by atoms with E-state index in [0.29, 0.717) is 25.1 Å². The van der Waals surface area contributed by atoms with Gasteiger partial charge in [-0.1, -0.05) is 0 Å². The van der Waals surface area contributed by atoms with Crippen LogP contribution >= 0.6 is 0 Å². The fourth-order valence-corrected chi connectivity index (χ4v) is 5.83. The number of pyridine rings is 1. The Hall–Kier alpha value is -3.53. The maximum absolute atomic E-state index is 6.23. The van der Waals surface area contributed by atoms with Gasteiger partial charge in [-0.05, 0) is 54.0 Å². The molecule has 6 rings (SSSR count). The van der Waals surface area contributed by atoms with E-state index >= 15 is 0 Å². The highest BCUT2D eigenvalue weighted by molar-refractivity contribution is 5.72. The number of fused-ring (bicyclic) bond motifs is 3. The van der Waals surface area contributed by atoms with Crippen LogP contribution in [0, 0.1) is 6.92 Å². The van der Waals surface area contributed by atoms with Gasteiger partial charge >= 0.3 is 0 Å². The molecule has 4 aromatic heterocycles. The summed E-state index contributed by atoms with van der Waals surface area (Å²) in [7, 11) is 2.04. The molecule has 0 radical (unpaired) electrons. The monoisotopic (exact) mass is 515 g/mol. The summed E-state index contributed by atoms with van der Waals surface area (Å²) in [5, 5.41) is 9.22. The Labute approximate surface area is 223 Å². The Morgan fingerprint density at radius 3 is 2.61 bits per heavy atom. The molecule has 38 heavy (non-hydrogen) atoms. The number of imidazole rings is 1. The minimum atomic E-state index is 0.193. The zero-order chi connectivity index (χ0) is 26.6. The lowest BCUT2D eigenvalue weighted by molar-refractivity contribution is 0.165. The van der Waals surface area contributed by atoms with Crippen LogP contribution in [0.3, 0.4) is 0 Å². The predicted molar refractivity (Wildman–Crippen MR) is 146 cm³/mol. The molecule has 2 aliphatic heterocycles. The van der Waals surface area contributed by atoms with Crippen molar-refractivity contribution in [1.29, 1.82) is 0 Å². The van der Waals surface area contributed by atoms with Crippen molar-refractivity contribution in [2.24, 2.45) is 7.05 Å². The molecule has 0 saturated carbocycles. The Balaban J connectivity index is 1.37. The summed E-state index contributed by atoms with van der Waals surface area (Å²) in [5.74, 6) is 3.60. The molecule has 200 valence electrons. The third-order valence-electron chi connectivity index (χ3n) is 7.76. The number of piperidine rings is 1. The second-order valence-electron chi connectivity index (χ2n) is 11.1. The molecular weight excluding hydrogens is 478 g/mol. The molecule has 6 heterocycles. The molecule has 4 aromatic rings. The van der Waals surface area contributed by atoms with Crippen LogP contribution in [-0.2, 0) is 13.6 Å². The van der Waals surface area contributed by atoms with E-state index in [1.54, 1.807) is 0 Å². The minimum Gasteiger partial charge on any atom is -0.491 e. The molecule has 0 aromatic carbocycles. The zero-order valence-electron chi connectivity index (χ0n) is 23.2. The largest absolute Gasteiger partial charge is 0.491 e. The van der Waals surface area contributed by atoms with E-state index in [9.17, 15) is 0 Å². The Kier molecular flexibility index (Phi) is 6.29. The summed E-state index contributed by atoms with van der Waals surface area (Å²) in [6.45, 7) is 14.1. The molecule has 0 bridgehead atoms. The van der Waals surface area contributed by atoms with Crippen LogP contribution in [0.5, 0.6) is 5.75 Å².